The highest BCUT2D eigenvalue weighted by molar-refractivity contribution is 5.41. The molecule has 0 aliphatic heterocycles. The molecule has 1 rings (SSSR count). The molecular formula is C12H17N. The van der Waals surface area contributed by atoms with Crippen molar-refractivity contribution in [2.45, 2.75) is 27.2 Å². The van der Waals surface area contributed by atoms with Gasteiger partial charge in [-0.2, -0.15) is 0 Å². The van der Waals surface area contributed by atoms with Crippen molar-refractivity contribution in [1.29, 1.82) is 0 Å². The Kier molecular flexibility index (Phi) is 3.13. The Hall–Kier alpha value is -1.24. The molecule has 1 aromatic carbocycles. The molecule has 0 aliphatic carbocycles. The average Bonchev–Trinajstić information content (AvgIpc) is 2.04. The van der Waals surface area contributed by atoms with E-state index in [0.29, 0.717) is 0 Å². The maximum Gasteiger partial charge on any atom is 0.0316 e. The second kappa shape index (κ2) is 4.13. The van der Waals surface area contributed by atoms with Gasteiger partial charge in [0.25, 0.3) is 0 Å². The van der Waals surface area contributed by atoms with Gasteiger partial charge in [0, 0.05) is 5.69 Å². The SMILES string of the molecule is CC(C)=C(C)Cc1cccc(N)c1. The lowest BCUT2D eigenvalue weighted by atomic mass is 10.0. The van der Waals surface area contributed by atoms with Crippen LogP contribution in [-0.2, 0) is 6.42 Å². The average molecular weight is 175 g/mol. The first kappa shape index (κ1) is 9.85. The molecule has 13 heavy (non-hydrogen) atoms. The summed E-state index contributed by atoms with van der Waals surface area (Å²) in [7, 11) is 0. The lowest BCUT2D eigenvalue weighted by molar-refractivity contribution is 1.09. The van der Waals surface area contributed by atoms with Gasteiger partial charge in [-0.25, -0.2) is 0 Å². The zero-order valence-electron chi connectivity index (χ0n) is 8.59. The van der Waals surface area contributed by atoms with Crippen molar-refractivity contribution in [1.82, 2.24) is 0 Å². The topological polar surface area (TPSA) is 26.0 Å². The summed E-state index contributed by atoms with van der Waals surface area (Å²) >= 11 is 0. The van der Waals surface area contributed by atoms with Crippen LogP contribution in [0.25, 0.3) is 0 Å². The fourth-order valence-corrected chi connectivity index (χ4v) is 1.19. The first-order valence-corrected chi connectivity index (χ1v) is 4.57. The van der Waals surface area contributed by atoms with E-state index in [-0.39, 0.29) is 0 Å². The van der Waals surface area contributed by atoms with Crippen molar-refractivity contribution in [3.8, 4) is 0 Å². The molecule has 0 amide bonds. The summed E-state index contributed by atoms with van der Waals surface area (Å²) in [5, 5.41) is 0. The molecule has 0 saturated heterocycles. The van der Waals surface area contributed by atoms with Gasteiger partial charge < -0.3 is 5.73 Å². The number of benzene rings is 1. The van der Waals surface area contributed by atoms with Crippen LogP contribution in [0, 0.1) is 0 Å². The van der Waals surface area contributed by atoms with Gasteiger partial charge in [-0.3, -0.25) is 0 Å². The largest absolute Gasteiger partial charge is 0.399 e. The fraction of sp³-hybridized carbons (Fsp3) is 0.333. The van der Waals surface area contributed by atoms with Crippen LogP contribution in [0.2, 0.25) is 0 Å². The van der Waals surface area contributed by atoms with E-state index in [2.05, 4.69) is 26.8 Å². The first-order chi connectivity index (χ1) is 6.09. The molecule has 70 valence electrons. The summed E-state index contributed by atoms with van der Waals surface area (Å²) in [5.41, 5.74) is 10.6. The summed E-state index contributed by atoms with van der Waals surface area (Å²) in [6.07, 6.45) is 1.01. The number of nitrogen functional groups attached to an aromatic ring is 1. The third-order valence-electron chi connectivity index (χ3n) is 2.27. The van der Waals surface area contributed by atoms with Gasteiger partial charge in [0.1, 0.15) is 0 Å². The van der Waals surface area contributed by atoms with Gasteiger partial charge in [-0.15, -0.1) is 0 Å². The minimum absolute atomic E-state index is 0.846. The number of anilines is 1. The molecule has 0 fully saturated rings. The number of allylic oxidation sites excluding steroid dienone is 2. The Labute approximate surface area is 80.3 Å². The number of rotatable bonds is 2. The van der Waals surface area contributed by atoms with Crippen molar-refractivity contribution < 1.29 is 0 Å². The Morgan fingerprint density at radius 3 is 2.46 bits per heavy atom. The van der Waals surface area contributed by atoms with Crippen LogP contribution < -0.4 is 5.73 Å². The minimum atomic E-state index is 0.846. The molecule has 0 radical (unpaired) electrons. The maximum atomic E-state index is 5.69. The van der Waals surface area contributed by atoms with Gasteiger partial charge in [0.15, 0.2) is 0 Å². The molecule has 0 heterocycles. The maximum absolute atomic E-state index is 5.69. The Balaban J connectivity index is 2.81. The highest BCUT2D eigenvalue weighted by atomic mass is 14.5. The van der Waals surface area contributed by atoms with E-state index in [4.69, 9.17) is 5.73 Å². The molecule has 0 bridgehead atoms. The van der Waals surface area contributed by atoms with E-state index in [1.807, 2.05) is 18.2 Å². The third-order valence-corrected chi connectivity index (χ3v) is 2.27. The van der Waals surface area contributed by atoms with Crippen LogP contribution in [0.4, 0.5) is 5.69 Å². The minimum Gasteiger partial charge on any atom is -0.399 e. The lowest BCUT2D eigenvalue weighted by Gasteiger charge is -2.04. The van der Waals surface area contributed by atoms with Gasteiger partial charge in [0.05, 0.1) is 0 Å². The highest BCUT2D eigenvalue weighted by Crippen LogP contribution is 2.13. The van der Waals surface area contributed by atoms with Crippen LogP contribution in [0.3, 0.4) is 0 Å². The Bertz CT molecular complexity index is 320. The van der Waals surface area contributed by atoms with Gasteiger partial charge >= 0.3 is 0 Å². The Morgan fingerprint density at radius 1 is 1.23 bits per heavy atom. The van der Waals surface area contributed by atoms with E-state index >= 15 is 0 Å². The number of hydrogen-bond acceptors (Lipinski definition) is 1. The van der Waals surface area contributed by atoms with E-state index in [9.17, 15) is 0 Å². The van der Waals surface area contributed by atoms with Crippen LogP contribution in [0.5, 0.6) is 0 Å². The smallest absolute Gasteiger partial charge is 0.0316 e. The molecule has 0 spiro atoms. The molecule has 0 aromatic heterocycles. The van der Waals surface area contributed by atoms with Crippen LogP contribution in [-0.4, -0.2) is 0 Å². The van der Waals surface area contributed by atoms with Gasteiger partial charge in [-0.1, -0.05) is 23.3 Å². The second-order valence-corrected chi connectivity index (χ2v) is 3.70. The molecule has 0 atom stereocenters. The summed E-state index contributed by atoms with van der Waals surface area (Å²) in [6.45, 7) is 6.45. The predicted molar refractivity (Wildman–Crippen MR) is 58.6 cm³/mol. The van der Waals surface area contributed by atoms with E-state index in [1.54, 1.807) is 0 Å². The fourth-order valence-electron chi connectivity index (χ4n) is 1.19. The molecule has 0 saturated carbocycles. The van der Waals surface area contributed by atoms with Crippen LogP contribution in [0.1, 0.15) is 26.3 Å². The summed E-state index contributed by atoms with van der Waals surface area (Å²) in [6, 6.07) is 8.07. The third kappa shape index (κ3) is 2.94. The Morgan fingerprint density at radius 2 is 1.92 bits per heavy atom. The van der Waals surface area contributed by atoms with Gasteiger partial charge in [0.2, 0.25) is 0 Å². The zero-order chi connectivity index (χ0) is 9.84. The quantitative estimate of drug-likeness (QED) is 0.542. The van der Waals surface area contributed by atoms with Crippen molar-refractivity contribution in [3.05, 3.63) is 41.0 Å². The van der Waals surface area contributed by atoms with Crippen LogP contribution >= 0.6 is 0 Å². The van der Waals surface area contributed by atoms with E-state index in [1.165, 1.54) is 16.7 Å². The summed E-state index contributed by atoms with van der Waals surface area (Å²) < 4.78 is 0. The predicted octanol–water partition coefficient (Wildman–Crippen LogP) is 3.17. The summed E-state index contributed by atoms with van der Waals surface area (Å²) in [5.74, 6) is 0. The normalized spacial score (nSPS) is 9.77. The molecule has 1 heteroatoms. The molecule has 1 aromatic rings. The van der Waals surface area contributed by atoms with E-state index < -0.39 is 0 Å². The zero-order valence-corrected chi connectivity index (χ0v) is 8.59. The van der Waals surface area contributed by atoms with Crippen molar-refractivity contribution in [2.24, 2.45) is 0 Å². The van der Waals surface area contributed by atoms with Crippen molar-refractivity contribution in [3.63, 3.8) is 0 Å². The standard InChI is InChI=1S/C12H17N/c1-9(2)10(3)7-11-5-4-6-12(13)8-11/h4-6,8H,7,13H2,1-3H3. The second-order valence-electron chi connectivity index (χ2n) is 3.70. The van der Waals surface area contributed by atoms with Gasteiger partial charge in [-0.05, 0) is 44.9 Å². The number of nitrogens with two attached hydrogens (primary N) is 1. The van der Waals surface area contributed by atoms with E-state index in [0.717, 1.165) is 12.1 Å². The van der Waals surface area contributed by atoms with Crippen LogP contribution in [0.15, 0.2) is 35.4 Å². The molecular weight excluding hydrogens is 158 g/mol. The first-order valence-electron chi connectivity index (χ1n) is 4.57. The number of hydrogen-bond donors (Lipinski definition) is 1. The molecule has 1 nitrogen and oxygen atoms in total. The molecule has 2 N–H and O–H groups in total. The molecule has 0 aliphatic rings. The van der Waals surface area contributed by atoms with Crippen molar-refractivity contribution in [2.75, 3.05) is 5.73 Å². The highest BCUT2D eigenvalue weighted by Gasteiger charge is 1.96. The summed E-state index contributed by atoms with van der Waals surface area (Å²) in [4.78, 5) is 0. The molecule has 0 unspecified atom stereocenters. The monoisotopic (exact) mass is 175 g/mol. The van der Waals surface area contributed by atoms with Crippen molar-refractivity contribution >= 4 is 5.69 Å². The lowest BCUT2D eigenvalue weighted by Crippen LogP contribution is -1.91.